The van der Waals surface area contributed by atoms with Gasteiger partial charge in [0.15, 0.2) is 0 Å². The zero-order chi connectivity index (χ0) is 14.2. The summed E-state index contributed by atoms with van der Waals surface area (Å²) in [7, 11) is 0. The van der Waals surface area contributed by atoms with Crippen LogP contribution in [-0.4, -0.2) is 11.1 Å². The quantitative estimate of drug-likeness (QED) is 0.886. The van der Waals surface area contributed by atoms with Crippen LogP contribution >= 0.6 is 11.3 Å². The molecule has 100 valence electrons. The normalized spacial score (nSPS) is 11.6. The van der Waals surface area contributed by atoms with E-state index < -0.39 is 17.7 Å². The molecule has 1 N–H and O–H groups in total. The molecule has 0 aliphatic carbocycles. The minimum Gasteiger partial charge on any atom is -0.478 e. The topological polar surface area (TPSA) is 37.3 Å². The Labute approximate surface area is 111 Å². The zero-order valence-corrected chi connectivity index (χ0v) is 10.6. The van der Waals surface area contributed by atoms with Crippen molar-refractivity contribution in [3.8, 4) is 11.1 Å². The van der Waals surface area contributed by atoms with Gasteiger partial charge < -0.3 is 5.11 Å². The molecule has 0 fully saturated rings. The standard InChI is InChI=1S/C13H9F3O2S/c1-7-2-3-8(12(17)18)4-9(7)10-5-19-6-11(10)13(14,15)16/h2-6H,1H3,(H,17,18). The third kappa shape index (κ3) is 2.63. The van der Waals surface area contributed by atoms with E-state index in [0.29, 0.717) is 11.1 Å². The second-order valence-corrected chi connectivity index (χ2v) is 4.78. The van der Waals surface area contributed by atoms with Crippen molar-refractivity contribution in [2.75, 3.05) is 0 Å². The first-order chi connectivity index (χ1) is 8.80. The molecule has 1 aromatic carbocycles. The number of thiophene rings is 1. The molecule has 2 rings (SSSR count). The van der Waals surface area contributed by atoms with Crippen LogP contribution in [-0.2, 0) is 6.18 Å². The van der Waals surface area contributed by atoms with Crippen LogP contribution < -0.4 is 0 Å². The molecule has 19 heavy (non-hydrogen) atoms. The van der Waals surface area contributed by atoms with Crippen LogP contribution in [0.4, 0.5) is 13.2 Å². The Balaban J connectivity index is 2.62. The molecule has 2 aromatic rings. The lowest BCUT2D eigenvalue weighted by molar-refractivity contribution is -0.136. The van der Waals surface area contributed by atoms with E-state index in [1.807, 2.05) is 0 Å². The van der Waals surface area contributed by atoms with Crippen LogP contribution in [0.5, 0.6) is 0 Å². The maximum Gasteiger partial charge on any atom is 0.417 e. The van der Waals surface area contributed by atoms with Crippen molar-refractivity contribution in [1.82, 2.24) is 0 Å². The number of hydrogen-bond acceptors (Lipinski definition) is 2. The van der Waals surface area contributed by atoms with Crippen molar-refractivity contribution in [2.24, 2.45) is 0 Å². The fourth-order valence-corrected chi connectivity index (χ4v) is 2.63. The van der Waals surface area contributed by atoms with E-state index in [2.05, 4.69) is 0 Å². The first-order valence-electron chi connectivity index (χ1n) is 5.28. The third-order valence-electron chi connectivity index (χ3n) is 2.74. The molecule has 0 spiro atoms. The molecular formula is C13H9F3O2S. The van der Waals surface area contributed by atoms with Gasteiger partial charge in [-0.2, -0.15) is 24.5 Å². The Morgan fingerprint density at radius 2 is 1.89 bits per heavy atom. The van der Waals surface area contributed by atoms with E-state index in [4.69, 9.17) is 5.11 Å². The molecule has 0 aliphatic rings. The summed E-state index contributed by atoms with van der Waals surface area (Å²) < 4.78 is 38.5. The number of benzene rings is 1. The first-order valence-corrected chi connectivity index (χ1v) is 6.22. The number of halogens is 3. The molecule has 0 unspecified atom stereocenters. The molecule has 0 atom stereocenters. The Morgan fingerprint density at radius 1 is 1.21 bits per heavy atom. The average molecular weight is 286 g/mol. The minimum absolute atomic E-state index is 0.0260. The average Bonchev–Trinajstić information content (AvgIpc) is 2.77. The summed E-state index contributed by atoms with van der Waals surface area (Å²) in [5.41, 5.74) is 0.170. The van der Waals surface area contributed by atoms with E-state index in [0.717, 1.165) is 16.7 Å². The minimum atomic E-state index is -4.44. The van der Waals surface area contributed by atoms with Gasteiger partial charge >= 0.3 is 12.1 Å². The Bertz CT molecular complexity index is 629. The van der Waals surface area contributed by atoms with E-state index in [1.54, 1.807) is 6.92 Å². The highest BCUT2D eigenvalue weighted by Crippen LogP contribution is 2.40. The van der Waals surface area contributed by atoms with Gasteiger partial charge in [-0.05, 0) is 35.6 Å². The summed E-state index contributed by atoms with van der Waals surface area (Å²) in [4.78, 5) is 10.9. The van der Waals surface area contributed by atoms with Crippen molar-refractivity contribution in [3.63, 3.8) is 0 Å². The molecule has 2 nitrogen and oxygen atoms in total. The highest BCUT2D eigenvalue weighted by atomic mass is 32.1. The number of rotatable bonds is 2. The van der Waals surface area contributed by atoms with Crippen LogP contribution in [0.3, 0.4) is 0 Å². The Kier molecular flexibility index (Phi) is 3.36. The lowest BCUT2D eigenvalue weighted by Crippen LogP contribution is -2.05. The van der Waals surface area contributed by atoms with Crippen molar-refractivity contribution >= 4 is 17.3 Å². The maximum atomic E-state index is 12.8. The van der Waals surface area contributed by atoms with Gasteiger partial charge in [0.1, 0.15) is 0 Å². The maximum absolute atomic E-state index is 12.8. The Hall–Kier alpha value is -1.82. The van der Waals surface area contributed by atoms with Gasteiger partial charge in [-0.25, -0.2) is 4.79 Å². The van der Waals surface area contributed by atoms with E-state index in [-0.39, 0.29) is 11.1 Å². The van der Waals surface area contributed by atoms with Crippen molar-refractivity contribution in [3.05, 3.63) is 45.6 Å². The van der Waals surface area contributed by atoms with Gasteiger partial charge in [-0.15, -0.1) is 0 Å². The van der Waals surface area contributed by atoms with E-state index in [1.165, 1.54) is 23.6 Å². The van der Waals surface area contributed by atoms with Crippen LogP contribution in [0, 0.1) is 6.92 Å². The summed E-state index contributed by atoms with van der Waals surface area (Å²) in [6.07, 6.45) is -4.44. The van der Waals surface area contributed by atoms with Gasteiger partial charge in [-0.1, -0.05) is 6.07 Å². The molecule has 6 heteroatoms. The van der Waals surface area contributed by atoms with Crippen LogP contribution in [0.25, 0.3) is 11.1 Å². The largest absolute Gasteiger partial charge is 0.478 e. The van der Waals surface area contributed by atoms with Crippen LogP contribution in [0.1, 0.15) is 21.5 Å². The fourth-order valence-electron chi connectivity index (χ4n) is 1.77. The smallest absolute Gasteiger partial charge is 0.417 e. The molecule has 0 bridgehead atoms. The van der Waals surface area contributed by atoms with Gasteiger partial charge in [0, 0.05) is 10.9 Å². The number of carboxylic acid groups (broad SMARTS) is 1. The summed E-state index contributed by atoms with van der Waals surface area (Å²) in [5, 5.41) is 11.3. The second-order valence-electron chi connectivity index (χ2n) is 4.03. The zero-order valence-electron chi connectivity index (χ0n) is 9.78. The van der Waals surface area contributed by atoms with Gasteiger partial charge in [-0.3, -0.25) is 0 Å². The second kappa shape index (κ2) is 4.70. The Morgan fingerprint density at radius 3 is 2.47 bits per heavy atom. The number of carbonyl (C=O) groups is 1. The summed E-state index contributed by atoms with van der Waals surface area (Å²) >= 11 is 0.943. The molecule has 1 aromatic heterocycles. The molecule has 0 aliphatic heterocycles. The van der Waals surface area contributed by atoms with E-state index >= 15 is 0 Å². The predicted molar refractivity (Wildman–Crippen MR) is 66.5 cm³/mol. The fraction of sp³-hybridized carbons (Fsp3) is 0.154. The highest BCUT2D eigenvalue weighted by molar-refractivity contribution is 7.08. The SMILES string of the molecule is Cc1ccc(C(=O)O)cc1-c1cscc1C(F)(F)F. The van der Waals surface area contributed by atoms with Crippen LogP contribution in [0.15, 0.2) is 29.0 Å². The number of aryl methyl sites for hydroxylation is 1. The molecule has 1 heterocycles. The molecule has 0 saturated carbocycles. The van der Waals surface area contributed by atoms with Gasteiger partial charge in [0.25, 0.3) is 0 Å². The number of carboxylic acids is 1. The lowest BCUT2D eigenvalue weighted by Gasteiger charge is -2.11. The van der Waals surface area contributed by atoms with Gasteiger partial charge in [0.2, 0.25) is 0 Å². The molecular weight excluding hydrogens is 277 g/mol. The van der Waals surface area contributed by atoms with Crippen molar-refractivity contribution < 1.29 is 23.1 Å². The molecule has 0 saturated heterocycles. The summed E-state index contributed by atoms with van der Waals surface area (Å²) in [6.45, 7) is 1.65. The van der Waals surface area contributed by atoms with Crippen molar-refractivity contribution in [1.29, 1.82) is 0 Å². The summed E-state index contributed by atoms with van der Waals surface area (Å²) in [5.74, 6) is -1.16. The number of hydrogen-bond donors (Lipinski definition) is 1. The molecule has 0 radical (unpaired) electrons. The first kappa shape index (κ1) is 13.6. The van der Waals surface area contributed by atoms with Crippen molar-refractivity contribution in [2.45, 2.75) is 13.1 Å². The monoisotopic (exact) mass is 286 g/mol. The van der Waals surface area contributed by atoms with Crippen LogP contribution in [0.2, 0.25) is 0 Å². The third-order valence-corrected chi connectivity index (χ3v) is 3.49. The lowest BCUT2D eigenvalue weighted by atomic mass is 9.97. The van der Waals surface area contributed by atoms with E-state index in [9.17, 15) is 18.0 Å². The molecule has 0 amide bonds. The summed E-state index contributed by atoms with van der Waals surface area (Å²) in [6, 6.07) is 4.16. The number of alkyl halides is 3. The number of aromatic carboxylic acids is 1. The van der Waals surface area contributed by atoms with Gasteiger partial charge in [0.05, 0.1) is 11.1 Å². The predicted octanol–water partition coefficient (Wildman–Crippen LogP) is 4.44. The highest BCUT2D eigenvalue weighted by Gasteiger charge is 2.34.